The highest BCUT2D eigenvalue weighted by Crippen LogP contribution is 2.26. The Morgan fingerprint density at radius 1 is 1.09 bits per heavy atom. The van der Waals surface area contributed by atoms with Crippen molar-refractivity contribution in [2.45, 2.75) is 13.3 Å². The van der Waals surface area contributed by atoms with Crippen molar-refractivity contribution < 1.29 is 4.74 Å². The van der Waals surface area contributed by atoms with Crippen LogP contribution in [0.4, 0.5) is 0 Å². The maximum Gasteiger partial charge on any atom is 0.134 e. The Labute approximate surface area is 135 Å². The summed E-state index contributed by atoms with van der Waals surface area (Å²) >= 11 is 0. The zero-order valence-corrected chi connectivity index (χ0v) is 13.2. The fraction of sp³-hybridized carbons (Fsp3) is 0.158. The molecule has 0 fully saturated rings. The van der Waals surface area contributed by atoms with E-state index in [0.29, 0.717) is 0 Å². The molecule has 1 aliphatic rings. The number of hydrogen-bond donors (Lipinski definition) is 0. The molecule has 2 heterocycles. The molecule has 0 saturated heterocycles. The van der Waals surface area contributed by atoms with Gasteiger partial charge in [0.05, 0.1) is 24.7 Å². The van der Waals surface area contributed by atoms with Gasteiger partial charge in [-0.2, -0.15) is 5.10 Å². The van der Waals surface area contributed by atoms with Gasteiger partial charge in [0, 0.05) is 17.5 Å². The molecule has 0 amide bonds. The first-order valence-corrected chi connectivity index (χ1v) is 7.61. The molecule has 1 aliphatic heterocycles. The molecule has 0 bridgehead atoms. The summed E-state index contributed by atoms with van der Waals surface area (Å²) in [7, 11) is 1.69. The molecule has 0 atom stereocenters. The van der Waals surface area contributed by atoms with Gasteiger partial charge in [0.15, 0.2) is 0 Å². The van der Waals surface area contributed by atoms with Crippen molar-refractivity contribution in [2.75, 3.05) is 7.11 Å². The van der Waals surface area contributed by atoms with Gasteiger partial charge in [-0.25, -0.2) is 9.66 Å². The Bertz CT molecular complexity index is 894. The third-order valence-electron chi connectivity index (χ3n) is 4.15. The van der Waals surface area contributed by atoms with Crippen LogP contribution >= 0.6 is 0 Å². The van der Waals surface area contributed by atoms with Gasteiger partial charge < -0.3 is 4.74 Å². The van der Waals surface area contributed by atoms with E-state index in [4.69, 9.17) is 9.84 Å². The lowest BCUT2D eigenvalue weighted by atomic mass is 9.96. The van der Waals surface area contributed by atoms with Crippen molar-refractivity contribution in [3.8, 4) is 5.75 Å². The first kappa shape index (κ1) is 13.8. The zero-order valence-electron chi connectivity index (χ0n) is 13.2. The molecule has 114 valence electrons. The Balaban J connectivity index is 2.00. The summed E-state index contributed by atoms with van der Waals surface area (Å²) in [5, 5.41) is 4.90. The number of hydrogen-bond acceptors (Lipinski definition) is 3. The van der Waals surface area contributed by atoms with Crippen LogP contribution in [0.1, 0.15) is 28.2 Å². The first-order valence-electron chi connectivity index (χ1n) is 7.61. The van der Waals surface area contributed by atoms with Gasteiger partial charge in [-0.15, -0.1) is 0 Å². The molecule has 0 N–H and O–H groups in total. The van der Waals surface area contributed by atoms with Crippen LogP contribution in [0, 0.1) is 6.92 Å². The lowest BCUT2D eigenvalue weighted by Crippen LogP contribution is -2.07. The second-order valence-electron chi connectivity index (χ2n) is 5.64. The normalized spacial score (nSPS) is 12.9. The quantitative estimate of drug-likeness (QED) is 0.569. The number of imidazole rings is 1. The highest BCUT2D eigenvalue weighted by molar-refractivity contribution is 6.14. The Hall–Kier alpha value is -2.88. The molecule has 4 heteroatoms. The van der Waals surface area contributed by atoms with E-state index in [1.165, 1.54) is 5.56 Å². The van der Waals surface area contributed by atoms with E-state index in [1.54, 1.807) is 7.11 Å². The highest BCUT2D eigenvalue weighted by Gasteiger charge is 2.20. The standard InChI is InChI=1S/C19H17N3O/c1-13-12-20-18-10-15-8-9-16(23-2)11-17(15)19(21-22(13)18)14-6-4-3-5-7-14/h3-9,11-12H,10H2,1-2H3. The summed E-state index contributed by atoms with van der Waals surface area (Å²) in [5.41, 5.74) is 5.37. The number of ether oxygens (including phenoxy) is 1. The molecule has 1 aromatic heterocycles. The lowest BCUT2D eigenvalue weighted by Gasteiger charge is -2.11. The van der Waals surface area contributed by atoms with Crippen LogP contribution in [0.5, 0.6) is 5.75 Å². The molecule has 4 nitrogen and oxygen atoms in total. The zero-order chi connectivity index (χ0) is 15.8. The van der Waals surface area contributed by atoms with Crippen LogP contribution in [0.15, 0.2) is 59.8 Å². The SMILES string of the molecule is COc1ccc2c(c1)C(c1ccccc1)=Nn1c(C)cnc1C2. The molecule has 23 heavy (non-hydrogen) atoms. The van der Waals surface area contributed by atoms with Gasteiger partial charge in [-0.3, -0.25) is 0 Å². The maximum atomic E-state index is 5.41. The van der Waals surface area contributed by atoms with Crippen molar-refractivity contribution in [1.29, 1.82) is 0 Å². The average molecular weight is 303 g/mol. The third kappa shape index (κ3) is 2.32. The topological polar surface area (TPSA) is 39.4 Å². The van der Waals surface area contributed by atoms with E-state index >= 15 is 0 Å². The molecule has 4 rings (SSSR count). The lowest BCUT2D eigenvalue weighted by molar-refractivity contribution is 0.414. The number of benzene rings is 2. The molecular formula is C19H17N3O. The Kier molecular flexibility index (Phi) is 3.23. The van der Waals surface area contributed by atoms with E-state index in [-0.39, 0.29) is 0 Å². The third-order valence-corrected chi connectivity index (χ3v) is 4.15. The minimum absolute atomic E-state index is 0.757. The number of nitrogens with zero attached hydrogens (tertiary/aromatic N) is 3. The van der Waals surface area contributed by atoms with E-state index < -0.39 is 0 Å². The van der Waals surface area contributed by atoms with Crippen molar-refractivity contribution in [3.05, 3.63) is 82.9 Å². The van der Waals surface area contributed by atoms with Gasteiger partial charge in [0.1, 0.15) is 11.6 Å². The second kappa shape index (κ2) is 5.39. The van der Waals surface area contributed by atoms with Gasteiger partial charge in [0.25, 0.3) is 0 Å². The monoisotopic (exact) mass is 303 g/mol. The fourth-order valence-corrected chi connectivity index (χ4v) is 2.93. The van der Waals surface area contributed by atoms with Crippen molar-refractivity contribution in [1.82, 2.24) is 9.66 Å². The van der Waals surface area contributed by atoms with Gasteiger partial charge in [-0.05, 0) is 24.6 Å². The molecule has 0 radical (unpaired) electrons. The predicted octanol–water partition coefficient (Wildman–Crippen LogP) is 3.41. The van der Waals surface area contributed by atoms with Crippen LogP contribution in [-0.4, -0.2) is 22.5 Å². The predicted molar refractivity (Wildman–Crippen MR) is 90.2 cm³/mol. The van der Waals surface area contributed by atoms with Crippen molar-refractivity contribution in [3.63, 3.8) is 0 Å². The molecule has 3 aromatic rings. The number of methoxy groups -OCH3 is 1. The summed E-state index contributed by atoms with van der Waals surface area (Å²) in [5.74, 6) is 1.79. The maximum absolute atomic E-state index is 5.41. The Morgan fingerprint density at radius 2 is 1.91 bits per heavy atom. The van der Waals surface area contributed by atoms with Crippen molar-refractivity contribution >= 4 is 5.71 Å². The number of rotatable bonds is 2. The van der Waals surface area contributed by atoms with E-state index in [9.17, 15) is 0 Å². The van der Waals surface area contributed by atoms with Crippen molar-refractivity contribution in [2.24, 2.45) is 5.10 Å². The van der Waals surface area contributed by atoms with Gasteiger partial charge >= 0.3 is 0 Å². The van der Waals surface area contributed by atoms with Crippen LogP contribution in [0.2, 0.25) is 0 Å². The first-order chi connectivity index (χ1) is 11.3. The van der Waals surface area contributed by atoms with E-state index in [0.717, 1.165) is 40.5 Å². The molecule has 0 spiro atoms. The summed E-state index contributed by atoms with van der Waals surface area (Å²) in [6, 6.07) is 16.4. The van der Waals surface area contributed by atoms with E-state index in [1.807, 2.05) is 42.1 Å². The minimum atomic E-state index is 0.757. The smallest absolute Gasteiger partial charge is 0.134 e. The summed E-state index contributed by atoms with van der Waals surface area (Å²) in [6.45, 7) is 2.03. The number of aromatic nitrogens is 2. The largest absolute Gasteiger partial charge is 0.497 e. The molecule has 0 unspecified atom stereocenters. The highest BCUT2D eigenvalue weighted by atomic mass is 16.5. The fourth-order valence-electron chi connectivity index (χ4n) is 2.93. The van der Waals surface area contributed by atoms with Gasteiger partial charge in [-0.1, -0.05) is 36.4 Å². The summed E-state index contributed by atoms with van der Waals surface area (Å²) < 4.78 is 7.35. The summed E-state index contributed by atoms with van der Waals surface area (Å²) in [4.78, 5) is 4.51. The Morgan fingerprint density at radius 3 is 2.70 bits per heavy atom. The molecule has 0 aliphatic carbocycles. The van der Waals surface area contributed by atoms with Crippen LogP contribution in [0.25, 0.3) is 0 Å². The van der Waals surface area contributed by atoms with Crippen LogP contribution < -0.4 is 4.74 Å². The molecule has 2 aromatic carbocycles. The van der Waals surface area contributed by atoms with E-state index in [2.05, 4.69) is 29.2 Å². The van der Waals surface area contributed by atoms with Gasteiger partial charge in [0.2, 0.25) is 0 Å². The van der Waals surface area contributed by atoms with Crippen LogP contribution in [0.3, 0.4) is 0 Å². The molecule has 0 saturated carbocycles. The summed E-state index contributed by atoms with van der Waals surface area (Å²) in [6.07, 6.45) is 2.63. The second-order valence-corrected chi connectivity index (χ2v) is 5.64. The van der Waals surface area contributed by atoms with Crippen LogP contribution in [-0.2, 0) is 6.42 Å². The number of aryl methyl sites for hydroxylation is 1. The average Bonchev–Trinajstić information content (AvgIpc) is 2.85. The molecular weight excluding hydrogens is 286 g/mol. The minimum Gasteiger partial charge on any atom is -0.497 e. The number of fused-ring (bicyclic) bond motifs is 2.